The van der Waals surface area contributed by atoms with E-state index in [4.69, 9.17) is 4.74 Å². The van der Waals surface area contributed by atoms with Gasteiger partial charge in [0.15, 0.2) is 0 Å². The van der Waals surface area contributed by atoms with E-state index in [-0.39, 0.29) is 17.4 Å². The average molecular weight is 415 g/mol. The standard InChI is InChI=1S/C26H42N2O2/c1-20(2)17-23-19-30-24-11-6-5-9-22(24)10-7-8-12-26(25(29)27-23)13-15-28(16-14-26)18-21(3)4/h5-6,9,11,20-21,23H,7-8,10,12-19H2,1-4H3,(H,27,29)/t23-/m0/s1. The molecule has 30 heavy (non-hydrogen) atoms. The topological polar surface area (TPSA) is 41.6 Å². The number of carbonyl (C=O) groups excluding carboxylic acids is 1. The highest BCUT2D eigenvalue weighted by Gasteiger charge is 2.41. The zero-order valence-electron chi connectivity index (χ0n) is 19.6. The fourth-order valence-electron chi connectivity index (χ4n) is 5.17. The van der Waals surface area contributed by atoms with Crippen LogP contribution in [0, 0.1) is 17.3 Å². The minimum atomic E-state index is -0.207. The van der Waals surface area contributed by atoms with Gasteiger partial charge in [0.2, 0.25) is 5.91 Å². The fraction of sp³-hybridized carbons (Fsp3) is 0.731. The third kappa shape index (κ3) is 6.23. The van der Waals surface area contributed by atoms with Crippen LogP contribution < -0.4 is 10.1 Å². The van der Waals surface area contributed by atoms with Crippen molar-refractivity contribution in [3.63, 3.8) is 0 Å². The molecule has 1 N–H and O–H groups in total. The van der Waals surface area contributed by atoms with Gasteiger partial charge < -0.3 is 15.0 Å². The van der Waals surface area contributed by atoms with Crippen molar-refractivity contribution < 1.29 is 9.53 Å². The summed E-state index contributed by atoms with van der Waals surface area (Å²) >= 11 is 0. The maximum Gasteiger partial charge on any atom is 0.226 e. The number of rotatable bonds is 4. The smallest absolute Gasteiger partial charge is 0.226 e. The summed E-state index contributed by atoms with van der Waals surface area (Å²) in [5, 5.41) is 3.43. The van der Waals surface area contributed by atoms with Crippen molar-refractivity contribution in [3.05, 3.63) is 29.8 Å². The van der Waals surface area contributed by atoms with Gasteiger partial charge in [0.25, 0.3) is 0 Å². The first kappa shape index (κ1) is 23.1. The molecule has 0 aliphatic carbocycles. The molecule has 2 aliphatic rings. The lowest BCUT2D eigenvalue weighted by atomic mass is 9.73. The van der Waals surface area contributed by atoms with E-state index in [0.29, 0.717) is 18.4 Å². The monoisotopic (exact) mass is 414 g/mol. The van der Waals surface area contributed by atoms with Crippen molar-refractivity contribution in [1.82, 2.24) is 10.2 Å². The summed E-state index contributed by atoms with van der Waals surface area (Å²) in [6.07, 6.45) is 7.16. The van der Waals surface area contributed by atoms with Crippen LogP contribution in [0.2, 0.25) is 0 Å². The number of piperidine rings is 1. The van der Waals surface area contributed by atoms with Crippen molar-refractivity contribution in [2.75, 3.05) is 26.2 Å². The molecular formula is C26H42N2O2. The third-order valence-corrected chi connectivity index (χ3v) is 6.77. The van der Waals surface area contributed by atoms with Gasteiger partial charge >= 0.3 is 0 Å². The number of hydrogen-bond donors (Lipinski definition) is 1. The lowest BCUT2D eigenvalue weighted by Gasteiger charge is -2.42. The van der Waals surface area contributed by atoms with Crippen LogP contribution in [0.4, 0.5) is 0 Å². The first-order valence-corrected chi connectivity index (χ1v) is 12.1. The van der Waals surface area contributed by atoms with E-state index in [9.17, 15) is 4.79 Å². The van der Waals surface area contributed by atoms with Gasteiger partial charge in [-0.05, 0) is 75.1 Å². The minimum Gasteiger partial charge on any atom is -0.491 e. The van der Waals surface area contributed by atoms with Crippen LogP contribution in [-0.4, -0.2) is 43.1 Å². The third-order valence-electron chi connectivity index (χ3n) is 6.77. The van der Waals surface area contributed by atoms with Gasteiger partial charge in [-0.2, -0.15) is 0 Å². The molecule has 2 aliphatic heterocycles. The first-order chi connectivity index (χ1) is 14.4. The van der Waals surface area contributed by atoms with Crippen LogP contribution >= 0.6 is 0 Å². The molecule has 0 unspecified atom stereocenters. The molecule has 0 bridgehead atoms. The molecule has 1 saturated heterocycles. The number of fused-ring (bicyclic) bond motifs is 1. The van der Waals surface area contributed by atoms with E-state index < -0.39 is 0 Å². The van der Waals surface area contributed by atoms with Crippen LogP contribution in [0.5, 0.6) is 5.75 Å². The Morgan fingerprint density at radius 2 is 1.80 bits per heavy atom. The summed E-state index contributed by atoms with van der Waals surface area (Å²) in [7, 11) is 0. The van der Waals surface area contributed by atoms with Crippen molar-refractivity contribution in [2.24, 2.45) is 17.3 Å². The van der Waals surface area contributed by atoms with Gasteiger partial charge in [-0.15, -0.1) is 0 Å². The van der Waals surface area contributed by atoms with Crippen molar-refractivity contribution >= 4 is 5.91 Å². The average Bonchev–Trinajstić information content (AvgIpc) is 2.70. The number of carbonyl (C=O) groups is 1. The Balaban J connectivity index is 1.76. The second-order valence-corrected chi connectivity index (χ2v) is 10.4. The zero-order valence-corrected chi connectivity index (χ0v) is 19.6. The number of amides is 1. The Morgan fingerprint density at radius 1 is 1.07 bits per heavy atom. The highest BCUT2D eigenvalue weighted by Crippen LogP contribution is 2.38. The molecule has 1 spiro atoms. The zero-order chi connectivity index (χ0) is 21.6. The van der Waals surface area contributed by atoms with Crippen LogP contribution in [0.25, 0.3) is 0 Å². The number of likely N-dealkylation sites (tertiary alicyclic amines) is 1. The van der Waals surface area contributed by atoms with Crippen molar-refractivity contribution in [2.45, 2.75) is 78.7 Å². The molecular weight excluding hydrogens is 372 g/mol. The van der Waals surface area contributed by atoms with Gasteiger partial charge in [-0.3, -0.25) is 4.79 Å². The highest BCUT2D eigenvalue weighted by molar-refractivity contribution is 5.83. The Bertz CT molecular complexity index is 677. The second-order valence-electron chi connectivity index (χ2n) is 10.4. The second kappa shape index (κ2) is 10.7. The number of aryl methyl sites for hydroxylation is 1. The number of benzene rings is 1. The minimum absolute atomic E-state index is 0.0653. The van der Waals surface area contributed by atoms with E-state index in [1.54, 1.807) is 0 Å². The number of para-hydroxylation sites is 1. The molecule has 1 atom stereocenters. The van der Waals surface area contributed by atoms with Crippen LogP contribution in [0.3, 0.4) is 0 Å². The fourth-order valence-corrected chi connectivity index (χ4v) is 5.17. The summed E-state index contributed by atoms with van der Waals surface area (Å²) in [4.78, 5) is 16.1. The van der Waals surface area contributed by atoms with E-state index in [2.05, 4.69) is 56.1 Å². The summed E-state index contributed by atoms with van der Waals surface area (Å²) in [5.74, 6) is 2.45. The first-order valence-electron chi connectivity index (χ1n) is 12.1. The van der Waals surface area contributed by atoms with E-state index in [1.165, 1.54) is 5.56 Å². The summed E-state index contributed by atoms with van der Waals surface area (Å²) in [6.45, 7) is 12.8. The lowest BCUT2D eigenvalue weighted by molar-refractivity contribution is -0.135. The van der Waals surface area contributed by atoms with Crippen molar-refractivity contribution in [1.29, 1.82) is 0 Å². The van der Waals surface area contributed by atoms with Crippen LogP contribution in [0.1, 0.15) is 71.8 Å². The molecule has 4 nitrogen and oxygen atoms in total. The molecule has 1 aromatic carbocycles. The molecule has 4 heteroatoms. The van der Waals surface area contributed by atoms with E-state index >= 15 is 0 Å². The molecule has 0 aromatic heterocycles. The number of nitrogens with zero attached hydrogens (tertiary/aromatic N) is 1. The summed E-state index contributed by atoms with van der Waals surface area (Å²) < 4.78 is 6.24. The molecule has 0 saturated carbocycles. The van der Waals surface area contributed by atoms with E-state index in [1.807, 2.05) is 6.07 Å². The molecule has 2 heterocycles. The van der Waals surface area contributed by atoms with Crippen LogP contribution in [0.15, 0.2) is 24.3 Å². The maximum atomic E-state index is 13.6. The molecule has 1 aromatic rings. The largest absolute Gasteiger partial charge is 0.491 e. The molecule has 1 fully saturated rings. The lowest BCUT2D eigenvalue weighted by Crippen LogP contribution is -2.52. The Morgan fingerprint density at radius 3 is 2.50 bits per heavy atom. The number of hydrogen-bond acceptors (Lipinski definition) is 3. The summed E-state index contributed by atoms with van der Waals surface area (Å²) in [6, 6.07) is 8.47. The Labute approximate surface area is 183 Å². The normalized spacial score (nSPS) is 23.4. The van der Waals surface area contributed by atoms with Gasteiger partial charge in [-0.1, -0.05) is 52.3 Å². The SMILES string of the molecule is CC(C)C[C@H]1COc2ccccc2CCCCC2(CCN(CC(C)C)CC2)C(=O)N1. The number of nitrogens with one attached hydrogen (secondary N) is 1. The van der Waals surface area contributed by atoms with Gasteiger partial charge in [-0.25, -0.2) is 0 Å². The van der Waals surface area contributed by atoms with Crippen LogP contribution in [-0.2, 0) is 11.2 Å². The van der Waals surface area contributed by atoms with Gasteiger partial charge in [0.1, 0.15) is 12.4 Å². The quantitative estimate of drug-likeness (QED) is 0.749. The van der Waals surface area contributed by atoms with Gasteiger partial charge in [0.05, 0.1) is 11.5 Å². The predicted octanol–water partition coefficient (Wildman–Crippen LogP) is 5.06. The maximum absolute atomic E-state index is 13.6. The van der Waals surface area contributed by atoms with Crippen molar-refractivity contribution in [3.8, 4) is 5.75 Å². The predicted molar refractivity (Wildman–Crippen MR) is 124 cm³/mol. The molecule has 168 valence electrons. The number of ether oxygens (including phenoxy) is 1. The highest BCUT2D eigenvalue weighted by atomic mass is 16.5. The van der Waals surface area contributed by atoms with E-state index in [0.717, 1.165) is 70.3 Å². The Hall–Kier alpha value is -1.55. The Kier molecular flexibility index (Phi) is 8.21. The molecule has 3 rings (SSSR count). The summed E-state index contributed by atoms with van der Waals surface area (Å²) in [5.41, 5.74) is 1.09. The van der Waals surface area contributed by atoms with Gasteiger partial charge in [0, 0.05) is 6.54 Å². The molecule has 0 radical (unpaired) electrons. The molecule has 1 amide bonds.